The second-order valence-corrected chi connectivity index (χ2v) is 5.63. The summed E-state index contributed by atoms with van der Waals surface area (Å²) in [6, 6.07) is 3.83. The van der Waals surface area contributed by atoms with E-state index in [0.717, 1.165) is 17.7 Å². The number of aromatic nitrogens is 2. The van der Waals surface area contributed by atoms with Crippen molar-refractivity contribution in [2.45, 2.75) is 26.4 Å². The van der Waals surface area contributed by atoms with E-state index in [1.807, 2.05) is 37.1 Å². The third-order valence-electron chi connectivity index (χ3n) is 3.79. The fraction of sp³-hybridized carbons (Fsp3) is 0.467. The van der Waals surface area contributed by atoms with Crippen molar-refractivity contribution in [2.24, 2.45) is 5.92 Å². The van der Waals surface area contributed by atoms with Crippen molar-refractivity contribution in [3.63, 3.8) is 0 Å². The molecule has 0 aliphatic carbocycles. The second-order valence-electron chi connectivity index (χ2n) is 5.63. The zero-order valence-electron chi connectivity index (χ0n) is 11.7. The summed E-state index contributed by atoms with van der Waals surface area (Å²) in [6.45, 7) is 4.92. The molecule has 3 heterocycles. The number of carbonyl (C=O) groups excluding carboxylic acids is 1. The molecule has 2 aromatic rings. The zero-order chi connectivity index (χ0) is 14.3. The van der Waals surface area contributed by atoms with Crippen LogP contribution in [0.25, 0.3) is 5.52 Å². The van der Waals surface area contributed by atoms with Gasteiger partial charge in [0.2, 0.25) is 0 Å². The molecule has 4 nitrogen and oxygen atoms in total. The summed E-state index contributed by atoms with van der Waals surface area (Å²) in [5.74, 6) is 0.0475. The van der Waals surface area contributed by atoms with Crippen molar-refractivity contribution < 1.29 is 9.18 Å². The summed E-state index contributed by atoms with van der Waals surface area (Å²) < 4.78 is 15.0. The van der Waals surface area contributed by atoms with Gasteiger partial charge in [0.25, 0.3) is 0 Å². The molecule has 1 aliphatic heterocycles. The molecule has 0 spiro atoms. The summed E-state index contributed by atoms with van der Waals surface area (Å²) >= 11 is 0. The van der Waals surface area contributed by atoms with Gasteiger partial charge in [-0.15, -0.1) is 0 Å². The Labute approximate surface area is 117 Å². The molecular weight excluding hydrogens is 257 g/mol. The highest BCUT2D eigenvalue weighted by Gasteiger charge is 2.23. The minimum Gasteiger partial charge on any atom is -0.367 e. The van der Waals surface area contributed by atoms with Crippen LogP contribution in [0.2, 0.25) is 0 Å². The average molecular weight is 275 g/mol. The van der Waals surface area contributed by atoms with E-state index in [4.69, 9.17) is 0 Å². The normalized spacial score (nSPS) is 19.2. The Morgan fingerprint density at radius 1 is 1.45 bits per heavy atom. The van der Waals surface area contributed by atoms with Crippen LogP contribution in [-0.4, -0.2) is 34.7 Å². The lowest BCUT2D eigenvalue weighted by molar-refractivity contribution is 0.0941. The molecular formula is C15H18FN3O. The molecule has 0 saturated carbocycles. The molecule has 1 aliphatic rings. The Bertz CT molecular complexity index is 650. The molecule has 0 N–H and O–H groups in total. The molecule has 5 heteroatoms. The van der Waals surface area contributed by atoms with Crippen LogP contribution in [0.5, 0.6) is 0 Å². The number of hydrogen-bond acceptors (Lipinski definition) is 3. The second kappa shape index (κ2) is 4.89. The number of pyridine rings is 1. The lowest BCUT2D eigenvalue weighted by Crippen LogP contribution is -2.20. The number of Topliss-reactive ketones (excluding diaryl/α,β-unsaturated/α-hetero) is 1. The molecule has 1 saturated heterocycles. The Morgan fingerprint density at radius 3 is 2.90 bits per heavy atom. The minimum atomic E-state index is -0.749. The quantitative estimate of drug-likeness (QED) is 0.808. The number of carbonyl (C=O) groups is 1. The third-order valence-corrected chi connectivity index (χ3v) is 3.79. The van der Waals surface area contributed by atoms with Crippen molar-refractivity contribution in [3.8, 4) is 0 Å². The minimum absolute atomic E-state index is 0.0476. The number of nitrogens with zero attached hydrogens (tertiary/aromatic N) is 3. The summed E-state index contributed by atoms with van der Waals surface area (Å²) in [6.07, 6.45) is 3.31. The van der Waals surface area contributed by atoms with E-state index in [2.05, 4.69) is 5.10 Å². The van der Waals surface area contributed by atoms with Gasteiger partial charge in [-0.2, -0.15) is 5.10 Å². The highest BCUT2D eigenvalue weighted by molar-refractivity contribution is 6.03. The van der Waals surface area contributed by atoms with Crippen LogP contribution in [0.3, 0.4) is 0 Å². The van der Waals surface area contributed by atoms with Crippen LogP contribution in [0.15, 0.2) is 24.5 Å². The van der Waals surface area contributed by atoms with Gasteiger partial charge in [-0.05, 0) is 18.6 Å². The summed E-state index contributed by atoms with van der Waals surface area (Å²) in [4.78, 5) is 14.1. The first-order chi connectivity index (χ1) is 9.56. The van der Waals surface area contributed by atoms with E-state index >= 15 is 0 Å². The number of ketones is 1. The van der Waals surface area contributed by atoms with Crippen molar-refractivity contribution >= 4 is 17.0 Å². The number of alkyl halides is 1. The maximum Gasteiger partial charge on any atom is 0.169 e. The van der Waals surface area contributed by atoms with Crippen LogP contribution in [0, 0.1) is 5.92 Å². The maximum absolute atomic E-state index is 13.3. The molecule has 0 bridgehead atoms. The van der Waals surface area contributed by atoms with E-state index < -0.39 is 6.17 Å². The van der Waals surface area contributed by atoms with Gasteiger partial charge in [0, 0.05) is 19.0 Å². The molecule has 0 amide bonds. The monoisotopic (exact) mass is 275 g/mol. The largest absolute Gasteiger partial charge is 0.367 e. The van der Waals surface area contributed by atoms with Crippen LogP contribution in [0.4, 0.5) is 10.1 Å². The average Bonchev–Trinajstić information content (AvgIpc) is 3.03. The number of halogens is 1. The highest BCUT2D eigenvalue weighted by Crippen LogP contribution is 2.24. The highest BCUT2D eigenvalue weighted by atomic mass is 19.1. The molecule has 3 rings (SSSR count). The SMILES string of the molecule is CC(C)C(=O)c1cnn2cc(N3CC[C@@H](F)C3)ccc12. The van der Waals surface area contributed by atoms with Crippen molar-refractivity contribution in [3.05, 3.63) is 30.1 Å². The third kappa shape index (κ3) is 2.17. The van der Waals surface area contributed by atoms with Crippen molar-refractivity contribution in [1.29, 1.82) is 0 Å². The van der Waals surface area contributed by atoms with Gasteiger partial charge in [0.05, 0.1) is 29.2 Å². The molecule has 0 radical (unpaired) electrons. The number of rotatable bonds is 3. The number of anilines is 1. The summed E-state index contributed by atoms with van der Waals surface area (Å²) in [7, 11) is 0. The molecule has 106 valence electrons. The topological polar surface area (TPSA) is 37.6 Å². The van der Waals surface area contributed by atoms with Gasteiger partial charge in [-0.1, -0.05) is 13.8 Å². The van der Waals surface area contributed by atoms with Gasteiger partial charge < -0.3 is 4.90 Å². The molecule has 2 aromatic heterocycles. The molecule has 0 unspecified atom stereocenters. The predicted molar refractivity (Wildman–Crippen MR) is 76.1 cm³/mol. The van der Waals surface area contributed by atoms with Gasteiger partial charge in [-0.25, -0.2) is 8.91 Å². The zero-order valence-corrected chi connectivity index (χ0v) is 11.7. The summed E-state index contributed by atoms with van der Waals surface area (Å²) in [5.41, 5.74) is 2.41. The fourth-order valence-electron chi connectivity index (χ4n) is 2.61. The first-order valence-electron chi connectivity index (χ1n) is 6.97. The first kappa shape index (κ1) is 13.1. The fourth-order valence-corrected chi connectivity index (χ4v) is 2.61. The van der Waals surface area contributed by atoms with E-state index in [1.165, 1.54) is 0 Å². The molecule has 1 atom stereocenters. The predicted octanol–water partition coefficient (Wildman–Crippen LogP) is 2.72. The Balaban J connectivity index is 1.95. The van der Waals surface area contributed by atoms with Gasteiger partial charge in [0.1, 0.15) is 6.17 Å². The Morgan fingerprint density at radius 2 is 2.25 bits per heavy atom. The Hall–Kier alpha value is -1.91. The van der Waals surface area contributed by atoms with Gasteiger partial charge >= 0.3 is 0 Å². The van der Waals surface area contributed by atoms with Crippen LogP contribution >= 0.6 is 0 Å². The maximum atomic E-state index is 13.3. The lowest BCUT2D eigenvalue weighted by Gasteiger charge is -2.17. The van der Waals surface area contributed by atoms with Gasteiger partial charge in [0.15, 0.2) is 5.78 Å². The van der Waals surface area contributed by atoms with Crippen LogP contribution < -0.4 is 4.90 Å². The number of fused-ring (bicyclic) bond motifs is 1. The standard InChI is InChI=1S/C15H18FN3O/c1-10(2)15(20)13-7-17-19-9-12(3-4-14(13)19)18-6-5-11(16)8-18/h3-4,7,9-11H,5-6,8H2,1-2H3/t11-/m1/s1. The van der Waals surface area contributed by atoms with Crippen molar-refractivity contribution in [2.75, 3.05) is 18.0 Å². The van der Waals surface area contributed by atoms with E-state index in [1.54, 1.807) is 10.7 Å². The van der Waals surface area contributed by atoms with E-state index in [9.17, 15) is 9.18 Å². The summed E-state index contributed by atoms with van der Waals surface area (Å²) in [5, 5.41) is 4.25. The number of hydrogen-bond donors (Lipinski definition) is 0. The lowest BCUT2D eigenvalue weighted by atomic mass is 10.0. The van der Waals surface area contributed by atoms with E-state index in [-0.39, 0.29) is 11.7 Å². The van der Waals surface area contributed by atoms with E-state index in [0.29, 0.717) is 18.5 Å². The smallest absolute Gasteiger partial charge is 0.169 e. The van der Waals surface area contributed by atoms with Crippen LogP contribution in [0.1, 0.15) is 30.6 Å². The Kier molecular flexibility index (Phi) is 3.20. The first-order valence-corrected chi connectivity index (χ1v) is 6.97. The molecule has 1 fully saturated rings. The molecule has 20 heavy (non-hydrogen) atoms. The van der Waals surface area contributed by atoms with Crippen LogP contribution in [-0.2, 0) is 0 Å². The molecule has 0 aromatic carbocycles. The van der Waals surface area contributed by atoms with Crippen molar-refractivity contribution in [1.82, 2.24) is 9.61 Å². The van der Waals surface area contributed by atoms with Gasteiger partial charge in [-0.3, -0.25) is 4.79 Å².